The van der Waals surface area contributed by atoms with Crippen LogP contribution in [0.1, 0.15) is 5.56 Å². The van der Waals surface area contributed by atoms with Crippen LogP contribution in [0.2, 0.25) is 25.7 Å². The Kier molecular flexibility index (Phi) is 5.16. The molecule has 0 fully saturated rings. The third kappa shape index (κ3) is 5.68. The summed E-state index contributed by atoms with van der Waals surface area (Å²) in [6, 6.07) is 10.8. The Morgan fingerprint density at radius 1 is 1.28 bits per heavy atom. The van der Waals surface area contributed by atoms with Gasteiger partial charge in [-0.15, -0.1) is 0 Å². The van der Waals surface area contributed by atoms with Gasteiger partial charge in [0.1, 0.15) is 6.61 Å². The molecule has 1 N–H and O–H groups in total. The predicted molar refractivity (Wildman–Crippen MR) is 76.5 cm³/mol. The van der Waals surface area contributed by atoms with Gasteiger partial charge in [0.05, 0.1) is 0 Å². The van der Waals surface area contributed by atoms with Crippen molar-refractivity contribution in [3.8, 4) is 0 Å². The van der Waals surface area contributed by atoms with Crippen LogP contribution in [-0.4, -0.2) is 25.9 Å². The smallest absolute Gasteiger partial charge is 0.450 e. The number of carboxylic acid groups (broad SMARTS) is 1. The van der Waals surface area contributed by atoms with Crippen LogP contribution < -0.4 is 0 Å². The fraction of sp³-hybridized carbons (Fsp3) is 0.357. The van der Waals surface area contributed by atoms with Crippen LogP contribution in [0, 0.1) is 0 Å². The zero-order chi connectivity index (χ0) is 13.6. The Balaban J connectivity index is 2.85. The van der Waals surface area contributed by atoms with E-state index in [1.807, 2.05) is 30.3 Å². The summed E-state index contributed by atoms with van der Waals surface area (Å²) in [6.07, 6.45) is 0.884. The summed E-state index contributed by atoms with van der Waals surface area (Å²) in [6.45, 7) is 6.96. The summed E-state index contributed by atoms with van der Waals surface area (Å²) in [4.78, 5) is 10.5. The molecule has 0 amide bonds. The SMILES string of the molecule is C[Si](C)(C)C/C=C(/COC(=O)O)c1ccccc1. The number of rotatable bonds is 5. The molecule has 98 valence electrons. The molecule has 0 spiro atoms. The normalized spacial score (nSPS) is 12.3. The zero-order valence-corrected chi connectivity index (χ0v) is 12.1. The fourth-order valence-electron chi connectivity index (χ4n) is 1.48. The van der Waals surface area contributed by atoms with Crippen molar-refractivity contribution < 1.29 is 14.6 Å². The van der Waals surface area contributed by atoms with Gasteiger partial charge in [0.25, 0.3) is 0 Å². The molecule has 18 heavy (non-hydrogen) atoms. The second-order valence-corrected chi connectivity index (χ2v) is 10.9. The lowest BCUT2D eigenvalue weighted by atomic mass is 10.1. The van der Waals surface area contributed by atoms with Crippen LogP contribution >= 0.6 is 0 Å². The average Bonchev–Trinajstić information content (AvgIpc) is 2.28. The van der Waals surface area contributed by atoms with Crippen LogP contribution in [0.5, 0.6) is 0 Å². The van der Waals surface area contributed by atoms with Crippen LogP contribution in [0.15, 0.2) is 36.4 Å². The molecule has 4 heteroatoms. The Bertz CT molecular complexity index is 418. The van der Waals surface area contributed by atoms with Gasteiger partial charge in [0.2, 0.25) is 0 Å². The molecule has 1 rings (SSSR count). The first kappa shape index (κ1) is 14.5. The predicted octanol–water partition coefficient (Wildman–Crippen LogP) is 4.10. The van der Waals surface area contributed by atoms with Gasteiger partial charge in [-0.2, -0.15) is 0 Å². The van der Waals surface area contributed by atoms with Crippen LogP contribution in [0.4, 0.5) is 4.79 Å². The molecule has 0 aliphatic carbocycles. The molecule has 0 bridgehead atoms. The monoisotopic (exact) mass is 264 g/mol. The molecule has 0 radical (unpaired) electrons. The number of ether oxygens (including phenoxy) is 1. The highest BCUT2D eigenvalue weighted by Crippen LogP contribution is 2.19. The van der Waals surface area contributed by atoms with E-state index in [1.54, 1.807) is 0 Å². The molecule has 0 saturated heterocycles. The maximum atomic E-state index is 10.5. The molecule has 0 aliphatic heterocycles. The highest BCUT2D eigenvalue weighted by Gasteiger charge is 2.12. The van der Waals surface area contributed by atoms with Gasteiger partial charge in [-0.05, 0) is 17.2 Å². The van der Waals surface area contributed by atoms with E-state index in [4.69, 9.17) is 5.11 Å². The molecule has 3 nitrogen and oxygen atoms in total. The van der Waals surface area contributed by atoms with Gasteiger partial charge >= 0.3 is 6.16 Å². The van der Waals surface area contributed by atoms with Crippen molar-refractivity contribution in [1.82, 2.24) is 0 Å². The van der Waals surface area contributed by atoms with Gasteiger partial charge < -0.3 is 9.84 Å². The molecule has 0 aliphatic rings. The molecule has 0 atom stereocenters. The lowest BCUT2D eigenvalue weighted by Crippen LogP contribution is -2.18. The van der Waals surface area contributed by atoms with E-state index in [0.717, 1.165) is 17.2 Å². The standard InChI is InChI=1S/C14H20O3Si/c1-18(2,3)10-9-13(11-17-14(15)16)12-7-5-4-6-8-12/h4-9H,10-11H2,1-3H3,(H,15,16)/b13-9-. The highest BCUT2D eigenvalue weighted by molar-refractivity contribution is 6.76. The van der Waals surface area contributed by atoms with Crippen molar-refractivity contribution in [3.63, 3.8) is 0 Å². The van der Waals surface area contributed by atoms with E-state index in [9.17, 15) is 4.79 Å². The summed E-state index contributed by atoms with van der Waals surface area (Å²) < 4.78 is 4.69. The van der Waals surface area contributed by atoms with Gasteiger partial charge in [-0.3, -0.25) is 0 Å². The molecular formula is C14H20O3Si. The summed E-state index contributed by atoms with van der Waals surface area (Å²) in [7, 11) is -1.19. The van der Waals surface area contributed by atoms with Gasteiger partial charge in [0.15, 0.2) is 0 Å². The molecule has 0 saturated carbocycles. The minimum atomic E-state index is -1.23. The minimum absolute atomic E-state index is 0.115. The molecule has 0 unspecified atom stereocenters. The lowest BCUT2D eigenvalue weighted by molar-refractivity contribution is 0.103. The third-order valence-electron chi connectivity index (χ3n) is 2.46. The number of hydrogen-bond donors (Lipinski definition) is 1. The highest BCUT2D eigenvalue weighted by atomic mass is 28.3. The largest absolute Gasteiger partial charge is 0.506 e. The Labute approximate surface area is 109 Å². The van der Waals surface area contributed by atoms with E-state index in [0.29, 0.717) is 0 Å². The van der Waals surface area contributed by atoms with Gasteiger partial charge in [-0.25, -0.2) is 4.79 Å². The second kappa shape index (κ2) is 6.40. The quantitative estimate of drug-likeness (QED) is 0.643. The van der Waals surface area contributed by atoms with Crippen molar-refractivity contribution in [2.75, 3.05) is 6.61 Å². The fourth-order valence-corrected chi connectivity index (χ4v) is 2.34. The van der Waals surface area contributed by atoms with Crippen molar-refractivity contribution in [3.05, 3.63) is 42.0 Å². The van der Waals surface area contributed by atoms with Crippen LogP contribution in [0.25, 0.3) is 5.57 Å². The van der Waals surface area contributed by atoms with Crippen molar-refractivity contribution >= 4 is 19.8 Å². The van der Waals surface area contributed by atoms with Crippen LogP contribution in [0.3, 0.4) is 0 Å². The summed E-state index contributed by atoms with van der Waals surface area (Å²) in [5.74, 6) is 0. The first-order chi connectivity index (χ1) is 8.38. The van der Waals surface area contributed by atoms with Crippen molar-refractivity contribution in [2.24, 2.45) is 0 Å². The molecular weight excluding hydrogens is 244 g/mol. The summed E-state index contributed by atoms with van der Waals surface area (Å²) in [5, 5.41) is 8.60. The van der Waals surface area contributed by atoms with E-state index < -0.39 is 14.2 Å². The lowest BCUT2D eigenvalue weighted by Gasteiger charge is -2.14. The van der Waals surface area contributed by atoms with E-state index in [1.165, 1.54) is 0 Å². The van der Waals surface area contributed by atoms with E-state index in [-0.39, 0.29) is 6.61 Å². The molecule has 0 heterocycles. The first-order valence-corrected chi connectivity index (χ1v) is 9.69. The Morgan fingerprint density at radius 2 is 1.89 bits per heavy atom. The topological polar surface area (TPSA) is 46.5 Å². The maximum absolute atomic E-state index is 10.5. The number of hydrogen-bond acceptors (Lipinski definition) is 2. The Hall–Kier alpha value is -1.55. The second-order valence-electron chi connectivity index (χ2n) is 5.41. The minimum Gasteiger partial charge on any atom is -0.450 e. The summed E-state index contributed by atoms with van der Waals surface area (Å²) >= 11 is 0. The van der Waals surface area contributed by atoms with E-state index >= 15 is 0 Å². The third-order valence-corrected chi connectivity index (χ3v) is 3.89. The number of allylic oxidation sites excluding steroid dienone is 1. The zero-order valence-electron chi connectivity index (χ0n) is 11.1. The average molecular weight is 264 g/mol. The number of benzene rings is 1. The molecule has 1 aromatic carbocycles. The van der Waals surface area contributed by atoms with Crippen LogP contribution in [-0.2, 0) is 4.74 Å². The maximum Gasteiger partial charge on any atom is 0.506 e. The van der Waals surface area contributed by atoms with Gasteiger partial charge in [-0.1, -0.05) is 56.0 Å². The van der Waals surface area contributed by atoms with E-state index in [2.05, 4.69) is 30.5 Å². The Morgan fingerprint density at radius 3 is 2.39 bits per heavy atom. The molecule has 1 aromatic rings. The first-order valence-electron chi connectivity index (χ1n) is 5.99. The van der Waals surface area contributed by atoms with Crippen molar-refractivity contribution in [1.29, 1.82) is 0 Å². The summed E-state index contributed by atoms with van der Waals surface area (Å²) in [5.41, 5.74) is 1.97. The molecule has 0 aromatic heterocycles. The number of carbonyl (C=O) groups is 1. The van der Waals surface area contributed by atoms with Crippen molar-refractivity contribution in [2.45, 2.75) is 25.7 Å². The van der Waals surface area contributed by atoms with Gasteiger partial charge in [0, 0.05) is 8.07 Å².